The number of aliphatic hydroxyl groups excluding tert-OH is 1. The van der Waals surface area contributed by atoms with Crippen LogP contribution in [0.15, 0.2) is 24.3 Å². The second kappa shape index (κ2) is 9.33. The number of ether oxygens (including phenoxy) is 1. The molecule has 2 rings (SSSR count). The number of hydrogen-bond acceptors (Lipinski definition) is 4. The standard InChI is InChI=1S/C17H27ClNO4P/c1-23-16-6-8-17(9-7-16)24(21,22)12-15(20)11-19-10-13-2-4-14(18)5-3-13/h2-5,15-17,19-20H,6-12H2,1H3,(H,21,22)/t15-,16?,17?/m1/s1. The summed E-state index contributed by atoms with van der Waals surface area (Å²) >= 11 is 5.83. The van der Waals surface area contributed by atoms with E-state index in [1.165, 1.54) is 0 Å². The van der Waals surface area contributed by atoms with Gasteiger partial charge in [0, 0.05) is 30.9 Å². The van der Waals surface area contributed by atoms with E-state index in [4.69, 9.17) is 16.3 Å². The SMILES string of the molecule is COC1CCC(P(=O)(O)C[C@H](O)CNCc2ccc(Cl)cc2)CC1. The van der Waals surface area contributed by atoms with E-state index < -0.39 is 13.5 Å². The number of methoxy groups -OCH3 is 1. The molecule has 0 saturated heterocycles. The third-order valence-electron chi connectivity index (χ3n) is 4.64. The molecule has 1 aromatic rings. The summed E-state index contributed by atoms with van der Waals surface area (Å²) in [6.07, 6.45) is 2.34. The summed E-state index contributed by atoms with van der Waals surface area (Å²) in [6.45, 7) is 0.878. The van der Waals surface area contributed by atoms with Crippen LogP contribution in [0.25, 0.3) is 0 Å². The number of hydrogen-bond donors (Lipinski definition) is 3. The van der Waals surface area contributed by atoms with Crippen molar-refractivity contribution in [2.75, 3.05) is 19.8 Å². The lowest BCUT2D eigenvalue weighted by molar-refractivity contribution is 0.0707. The van der Waals surface area contributed by atoms with Crippen molar-refractivity contribution in [2.45, 2.75) is 50.1 Å². The summed E-state index contributed by atoms with van der Waals surface area (Å²) in [5.41, 5.74) is 0.839. The first-order valence-corrected chi connectivity index (χ1v) is 10.7. The van der Waals surface area contributed by atoms with Gasteiger partial charge in [-0.2, -0.15) is 0 Å². The van der Waals surface area contributed by atoms with Crippen LogP contribution in [0.4, 0.5) is 0 Å². The average Bonchev–Trinajstić information content (AvgIpc) is 2.56. The Labute approximate surface area is 148 Å². The Bertz CT molecular complexity index is 546. The third-order valence-corrected chi connectivity index (χ3v) is 7.50. The first-order chi connectivity index (χ1) is 11.4. The zero-order chi connectivity index (χ0) is 17.6. The Kier molecular flexibility index (Phi) is 7.73. The Hall–Kier alpha value is -0.420. The van der Waals surface area contributed by atoms with Gasteiger partial charge >= 0.3 is 0 Å². The van der Waals surface area contributed by atoms with E-state index in [2.05, 4.69) is 5.32 Å². The Morgan fingerprint density at radius 1 is 1.29 bits per heavy atom. The highest BCUT2D eigenvalue weighted by atomic mass is 35.5. The highest BCUT2D eigenvalue weighted by Gasteiger charge is 2.35. The largest absolute Gasteiger partial charge is 0.391 e. The second-order valence-corrected chi connectivity index (χ2v) is 9.56. The molecular weight excluding hydrogens is 349 g/mol. The average molecular weight is 376 g/mol. The van der Waals surface area contributed by atoms with E-state index in [9.17, 15) is 14.6 Å². The fourth-order valence-corrected chi connectivity index (χ4v) is 5.45. The van der Waals surface area contributed by atoms with Gasteiger partial charge in [0.15, 0.2) is 0 Å². The maximum atomic E-state index is 12.6. The predicted octanol–water partition coefficient (Wildman–Crippen LogP) is 3.02. The van der Waals surface area contributed by atoms with Gasteiger partial charge in [0.2, 0.25) is 7.37 Å². The minimum absolute atomic E-state index is 0.0526. The highest BCUT2D eigenvalue weighted by Crippen LogP contribution is 2.52. The Morgan fingerprint density at radius 3 is 2.50 bits per heavy atom. The first kappa shape index (κ1) is 19.9. The quantitative estimate of drug-likeness (QED) is 0.609. The molecule has 24 heavy (non-hydrogen) atoms. The number of benzene rings is 1. The molecule has 0 bridgehead atoms. The van der Waals surface area contributed by atoms with Gasteiger partial charge < -0.3 is 20.1 Å². The molecule has 0 aliphatic heterocycles. The third kappa shape index (κ3) is 6.14. The number of nitrogens with one attached hydrogen (secondary N) is 1. The lowest BCUT2D eigenvalue weighted by Crippen LogP contribution is -2.32. The van der Waals surface area contributed by atoms with Gasteiger partial charge in [0.05, 0.1) is 18.4 Å². The van der Waals surface area contributed by atoms with Gasteiger partial charge in [0.1, 0.15) is 0 Å². The van der Waals surface area contributed by atoms with E-state index in [0.29, 0.717) is 31.0 Å². The normalized spacial score (nSPS) is 25.2. The van der Waals surface area contributed by atoms with Crippen LogP contribution >= 0.6 is 19.0 Å². The van der Waals surface area contributed by atoms with Crippen LogP contribution in [0.1, 0.15) is 31.2 Å². The lowest BCUT2D eigenvalue weighted by atomic mass is 9.97. The molecule has 0 heterocycles. The summed E-state index contributed by atoms with van der Waals surface area (Å²) < 4.78 is 17.9. The van der Waals surface area contributed by atoms with Crippen molar-refractivity contribution < 1.29 is 19.3 Å². The van der Waals surface area contributed by atoms with E-state index in [1.807, 2.05) is 24.3 Å². The van der Waals surface area contributed by atoms with Crippen molar-refractivity contribution in [3.63, 3.8) is 0 Å². The second-order valence-electron chi connectivity index (χ2n) is 6.52. The van der Waals surface area contributed by atoms with Crippen LogP contribution in [0.3, 0.4) is 0 Å². The molecule has 2 atom stereocenters. The summed E-state index contributed by atoms with van der Waals surface area (Å²) in [6, 6.07) is 7.44. The molecular formula is C17H27ClNO4P. The summed E-state index contributed by atoms with van der Waals surface area (Å²) in [7, 11) is -1.66. The number of rotatable bonds is 8. The number of halogens is 1. The topological polar surface area (TPSA) is 78.8 Å². The molecule has 0 radical (unpaired) electrons. The van der Waals surface area contributed by atoms with Crippen LogP contribution in [0.2, 0.25) is 5.02 Å². The monoisotopic (exact) mass is 375 g/mol. The molecule has 0 spiro atoms. The summed E-state index contributed by atoms with van der Waals surface area (Å²) in [5.74, 6) is 0. The van der Waals surface area contributed by atoms with Crippen LogP contribution in [0.5, 0.6) is 0 Å². The van der Waals surface area contributed by atoms with Crippen molar-refractivity contribution in [3.8, 4) is 0 Å². The van der Waals surface area contributed by atoms with Gasteiger partial charge in [-0.25, -0.2) is 0 Å². The molecule has 5 nitrogen and oxygen atoms in total. The van der Waals surface area contributed by atoms with Crippen molar-refractivity contribution in [3.05, 3.63) is 34.9 Å². The predicted molar refractivity (Wildman–Crippen MR) is 96.9 cm³/mol. The molecule has 1 unspecified atom stereocenters. The van der Waals surface area contributed by atoms with E-state index in [0.717, 1.165) is 18.4 Å². The maximum absolute atomic E-state index is 12.6. The summed E-state index contributed by atoms with van der Waals surface area (Å²) in [4.78, 5) is 10.3. The zero-order valence-corrected chi connectivity index (χ0v) is 15.7. The van der Waals surface area contributed by atoms with Gasteiger partial charge in [-0.15, -0.1) is 0 Å². The van der Waals surface area contributed by atoms with Crippen LogP contribution in [-0.4, -0.2) is 47.7 Å². The first-order valence-electron chi connectivity index (χ1n) is 8.38. The molecule has 0 amide bonds. The Morgan fingerprint density at radius 2 is 1.92 bits per heavy atom. The van der Waals surface area contributed by atoms with Gasteiger partial charge in [-0.3, -0.25) is 4.57 Å². The van der Waals surface area contributed by atoms with Crippen LogP contribution in [0, 0.1) is 0 Å². The smallest absolute Gasteiger partial charge is 0.206 e. The summed E-state index contributed by atoms with van der Waals surface area (Å²) in [5, 5.41) is 13.9. The molecule has 7 heteroatoms. The van der Waals surface area contributed by atoms with Gasteiger partial charge in [-0.05, 0) is 43.4 Å². The zero-order valence-electron chi connectivity index (χ0n) is 14.0. The van der Waals surface area contributed by atoms with E-state index in [1.54, 1.807) is 7.11 Å². The molecule has 1 fully saturated rings. The number of aliphatic hydroxyl groups is 1. The van der Waals surface area contributed by atoms with Gasteiger partial charge in [0.25, 0.3) is 0 Å². The van der Waals surface area contributed by atoms with Crippen molar-refractivity contribution >= 4 is 19.0 Å². The Balaban J connectivity index is 1.73. The molecule has 1 aromatic carbocycles. The fourth-order valence-electron chi connectivity index (χ4n) is 3.19. The van der Waals surface area contributed by atoms with Crippen molar-refractivity contribution in [1.82, 2.24) is 5.32 Å². The lowest BCUT2D eigenvalue weighted by Gasteiger charge is -2.31. The van der Waals surface area contributed by atoms with Gasteiger partial charge in [-0.1, -0.05) is 23.7 Å². The van der Waals surface area contributed by atoms with Crippen molar-refractivity contribution in [1.29, 1.82) is 0 Å². The molecule has 1 aliphatic rings. The fraction of sp³-hybridized carbons (Fsp3) is 0.647. The molecule has 0 aromatic heterocycles. The highest BCUT2D eigenvalue weighted by molar-refractivity contribution is 7.58. The van der Waals surface area contributed by atoms with E-state index >= 15 is 0 Å². The van der Waals surface area contributed by atoms with Crippen LogP contribution < -0.4 is 5.32 Å². The minimum Gasteiger partial charge on any atom is -0.391 e. The minimum atomic E-state index is -3.34. The molecule has 3 N–H and O–H groups in total. The van der Waals surface area contributed by atoms with Crippen LogP contribution in [-0.2, 0) is 15.8 Å². The van der Waals surface area contributed by atoms with E-state index in [-0.39, 0.29) is 17.9 Å². The van der Waals surface area contributed by atoms with Crippen molar-refractivity contribution in [2.24, 2.45) is 0 Å². The molecule has 136 valence electrons. The molecule has 1 saturated carbocycles. The maximum Gasteiger partial charge on any atom is 0.206 e. The molecule has 1 aliphatic carbocycles.